The number of halogens is 1. The molecule has 1 aliphatic heterocycles. The first-order valence-corrected chi connectivity index (χ1v) is 8.03. The number of rotatable bonds is 5. The maximum atomic E-state index is 12.8. The quantitative estimate of drug-likeness (QED) is 0.914. The zero-order valence-electron chi connectivity index (χ0n) is 13.0. The summed E-state index contributed by atoms with van der Waals surface area (Å²) in [5.74, 6) is 0.239. The first-order valence-electron chi connectivity index (χ1n) is 8.03. The van der Waals surface area contributed by atoms with Gasteiger partial charge >= 0.3 is 0 Å². The molecule has 2 aromatic carbocycles. The highest BCUT2D eigenvalue weighted by Crippen LogP contribution is 2.26. The molecule has 0 aliphatic carbocycles. The van der Waals surface area contributed by atoms with Crippen molar-refractivity contribution in [3.8, 4) is 0 Å². The molecule has 0 saturated carbocycles. The lowest BCUT2D eigenvalue weighted by Gasteiger charge is -2.16. The normalized spacial score (nSPS) is 18.0. The summed E-state index contributed by atoms with van der Waals surface area (Å²) < 4.78 is 12.8. The molecule has 3 rings (SSSR count). The Morgan fingerprint density at radius 1 is 1.13 bits per heavy atom. The summed E-state index contributed by atoms with van der Waals surface area (Å²) in [7, 11) is 0. The molecule has 1 N–H and O–H groups in total. The summed E-state index contributed by atoms with van der Waals surface area (Å²) in [6.45, 7) is 2.80. The third-order valence-corrected chi connectivity index (χ3v) is 4.33. The van der Waals surface area contributed by atoms with Crippen LogP contribution in [0.3, 0.4) is 0 Å². The lowest BCUT2D eigenvalue weighted by Crippen LogP contribution is -2.25. The van der Waals surface area contributed by atoms with Crippen LogP contribution in [0, 0.1) is 5.82 Å². The van der Waals surface area contributed by atoms with Crippen LogP contribution in [0.2, 0.25) is 0 Å². The number of carbonyl (C=O) groups is 1. The largest absolute Gasteiger partial charge is 0.326 e. The molecule has 0 unspecified atom stereocenters. The molecule has 23 heavy (non-hydrogen) atoms. The lowest BCUT2D eigenvalue weighted by atomic mass is 9.99. The fourth-order valence-electron chi connectivity index (χ4n) is 3.05. The Balaban J connectivity index is 1.44. The number of nitrogens with one attached hydrogen (secondary N) is 1. The maximum Gasteiger partial charge on any atom is 0.225 e. The zero-order chi connectivity index (χ0) is 16.1. The topological polar surface area (TPSA) is 32.3 Å². The Morgan fingerprint density at radius 3 is 2.61 bits per heavy atom. The minimum Gasteiger partial charge on any atom is -0.326 e. The highest BCUT2D eigenvalue weighted by molar-refractivity contribution is 5.90. The molecule has 1 fully saturated rings. The van der Waals surface area contributed by atoms with E-state index in [-0.39, 0.29) is 11.7 Å². The van der Waals surface area contributed by atoms with Gasteiger partial charge in [-0.2, -0.15) is 0 Å². The Bertz CT molecular complexity index is 642. The summed E-state index contributed by atoms with van der Waals surface area (Å²) in [4.78, 5) is 14.3. The average molecular weight is 312 g/mol. The number of anilines is 1. The van der Waals surface area contributed by atoms with Crippen molar-refractivity contribution >= 4 is 11.6 Å². The molecule has 1 heterocycles. The SMILES string of the molecule is O=C(CCN1CC[C@H](c2ccccc2)C1)Nc1ccc(F)cc1. The molecule has 1 aliphatic rings. The molecule has 0 radical (unpaired) electrons. The second kappa shape index (κ2) is 7.38. The number of amides is 1. The van der Waals surface area contributed by atoms with Gasteiger partial charge in [0.2, 0.25) is 5.91 Å². The van der Waals surface area contributed by atoms with Crippen LogP contribution in [0.4, 0.5) is 10.1 Å². The predicted molar refractivity (Wildman–Crippen MR) is 89.9 cm³/mol. The van der Waals surface area contributed by atoms with Crippen molar-refractivity contribution in [2.75, 3.05) is 25.0 Å². The van der Waals surface area contributed by atoms with E-state index < -0.39 is 0 Å². The summed E-state index contributed by atoms with van der Waals surface area (Å²) in [6.07, 6.45) is 1.60. The van der Waals surface area contributed by atoms with Crippen molar-refractivity contribution in [1.82, 2.24) is 4.90 Å². The molecule has 1 saturated heterocycles. The molecule has 120 valence electrons. The van der Waals surface area contributed by atoms with Crippen LogP contribution < -0.4 is 5.32 Å². The van der Waals surface area contributed by atoms with E-state index in [1.165, 1.54) is 17.7 Å². The van der Waals surface area contributed by atoms with Crippen molar-refractivity contribution < 1.29 is 9.18 Å². The van der Waals surface area contributed by atoms with Crippen LogP contribution in [0.5, 0.6) is 0 Å². The van der Waals surface area contributed by atoms with Crippen molar-refractivity contribution in [3.63, 3.8) is 0 Å². The van der Waals surface area contributed by atoms with Crippen LogP contribution in [0.15, 0.2) is 54.6 Å². The molecule has 0 spiro atoms. The van der Waals surface area contributed by atoms with Crippen LogP contribution in [0.25, 0.3) is 0 Å². The minimum atomic E-state index is -0.299. The van der Waals surface area contributed by atoms with E-state index in [4.69, 9.17) is 0 Å². The van der Waals surface area contributed by atoms with Crippen molar-refractivity contribution in [2.24, 2.45) is 0 Å². The molecule has 3 nitrogen and oxygen atoms in total. The second-order valence-electron chi connectivity index (χ2n) is 6.00. The smallest absolute Gasteiger partial charge is 0.225 e. The third kappa shape index (κ3) is 4.39. The molecule has 0 bridgehead atoms. The van der Waals surface area contributed by atoms with Gasteiger partial charge < -0.3 is 10.2 Å². The van der Waals surface area contributed by atoms with E-state index in [2.05, 4.69) is 34.5 Å². The molecular formula is C19H21FN2O. The maximum absolute atomic E-state index is 12.8. The Morgan fingerprint density at radius 2 is 1.87 bits per heavy atom. The number of hydrogen-bond donors (Lipinski definition) is 1. The van der Waals surface area contributed by atoms with Gasteiger partial charge in [0, 0.05) is 25.2 Å². The van der Waals surface area contributed by atoms with Gasteiger partial charge in [0.1, 0.15) is 5.82 Å². The number of hydrogen-bond acceptors (Lipinski definition) is 2. The predicted octanol–water partition coefficient (Wildman–Crippen LogP) is 3.64. The first kappa shape index (κ1) is 15.7. The van der Waals surface area contributed by atoms with Crippen LogP contribution in [-0.2, 0) is 4.79 Å². The molecule has 1 amide bonds. The van der Waals surface area contributed by atoms with Crippen molar-refractivity contribution in [2.45, 2.75) is 18.8 Å². The average Bonchev–Trinajstić information content (AvgIpc) is 3.05. The van der Waals surface area contributed by atoms with Crippen molar-refractivity contribution in [3.05, 3.63) is 66.0 Å². The van der Waals surface area contributed by atoms with Gasteiger partial charge in [-0.05, 0) is 48.7 Å². The van der Waals surface area contributed by atoms with Crippen molar-refractivity contribution in [1.29, 1.82) is 0 Å². The highest BCUT2D eigenvalue weighted by Gasteiger charge is 2.23. The van der Waals surface area contributed by atoms with Crippen LogP contribution in [-0.4, -0.2) is 30.4 Å². The second-order valence-corrected chi connectivity index (χ2v) is 6.00. The molecular weight excluding hydrogens is 291 g/mol. The number of likely N-dealkylation sites (tertiary alicyclic amines) is 1. The van der Waals surface area contributed by atoms with Crippen LogP contribution in [0.1, 0.15) is 24.3 Å². The number of carbonyl (C=O) groups excluding carboxylic acids is 1. The van der Waals surface area contributed by atoms with Crippen LogP contribution >= 0.6 is 0 Å². The first-order chi connectivity index (χ1) is 11.2. The summed E-state index contributed by atoms with van der Waals surface area (Å²) >= 11 is 0. The van der Waals surface area contributed by atoms with E-state index in [1.807, 2.05) is 6.07 Å². The third-order valence-electron chi connectivity index (χ3n) is 4.33. The molecule has 4 heteroatoms. The minimum absolute atomic E-state index is 0.0280. The Labute approximate surface area is 136 Å². The molecule has 2 aromatic rings. The van der Waals surface area contributed by atoms with Gasteiger partial charge in [-0.3, -0.25) is 4.79 Å². The van der Waals surface area contributed by atoms with Gasteiger partial charge in [-0.25, -0.2) is 4.39 Å². The summed E-state index contributed by atoms with van der Waals surface area (Å²) in [6, 6.07) is 16.4. The van der Waals surface area contributed by atoms with Gasteiger partial charge in [0.25, 0.3) is 0 Å². The highest BCUT2D eigenvalue weighted by atomic mass is 19.1. The van der Waals surface area contributed by atoms with E-state index in [0.29, 0.717) is 18.0 Å². The summed E-state index contributed by atoms with van der Waals surface area (Å²) in [5, 5.41) is 2.80. The van der Waals surface area contributed by atoms with E-state index in [1.54, 1.807) is 12.1 Å². The Hall–Kier alpha value is -2.20. The monoisotopic (exact) mass is 312 g/mol. The fraction of sp³-hybridized carbons (Fsp3) is 0.316. The van der Waals surface area contributed by atoms with E-state index in [9.17, 15) is 9.18 Å². The lowest BCUT2D eigenvalue weighted by molar-refractivity contribution is -0.116. The van der Waals surface area contributed by atoms with Gasteiger partial charge in [-0.15, -0.1) is 0 Å². The molecule has 0 aromatic heterocycles. The van der Waals surface area contributed by atoms with Gasteiger partial charge in [0.05, 0.1) is 0 Å². The number of benzene rings is 2. The summed E-state index contributed by atoms with van der Waals surface area (Å²) in [5.41, 5.74) is 2.02. The van der Waals surface area contributed by atoms with E-state index >= 15 is 0 Å². The standard InChI is InChI=1S/C19H21FN2O/c20-17-6-8-18(9-7-17)21-19(23)11-13-22-12-10-16(14-22)15-4-2-1-3-5-15/h1-9,16H,10-14H2,(H,21,23)/t16-/m0/s1. The molecule has 1 atom stereocenters. The zero-order valence-corrected chi connectivity index (χ0v) is 13.0. The number of nitrogens with zero attached hydrogens (tertiary/aromatic N) is 1. The van der Waals surface area contributed by atoms with Gasteiger partial charge in [0.15, 0.2) is 0 Å². The van der Waals surface area contributed by atoms with Gasteiger partial charge in [-0.1, -0.05) is 30.3 Å². The van der Waals surface area contributed by atoms with E-state index in [0.717, 1.165) is 26.1 Å². The fourth-order valence-corrected chi connectivity index (χ4v) is 3.05. The Kier molecular flexibility index (Phi) is 5.03.